The number of nitro groups is 1. The van der Waals surface area contributed by atoms with E-state index < -0.39 is 10.8 Å². The SMILES string of the molecule is COc1cc([N+](=O)[O-])ccc1NC(=O)/C(C#N)=C\NCC(C)C. The van der Waals surface area contributed by atoms with Crippen molar-refractivity contribution in [3.05, 3.63) is 40.1 Å². The smallest absolute Gasteiger partial charge is 0.273 e. The fourth-order valence-electron chi connectivity index (χ4n) is 1.63. The molecule has 0 aliphatic rings. The van der Waals surface area contributed by atoms with Crippen LogP contribution in [0.2, 0.25) is 0 Å². The summed E-state index contributed by atoms with van der Waals surface area (Å²) in [6, 6.07) is 5.59. The third-order valence-corrected chi connectivity index (χ3v) is 2.78. The van der Waals surface area contributed by atoms with E-state index in [1.54, 1.807) is 6.07 Å². The molecule has 8 heteroatoms. The van der Waals surface area contributed by atoms with Crippen LogP contribution in [0.3, 0.4) is 0 Å². The Balaban J connectivity index is 2.91. The molecule has 1 aromatic carbocycles. The van der Waals surface area contributed by atoms with Crippen LogP contribution < -0.4 is 15.4 Å². The molecular weight excluding hydrogens is 300 g/mol. The van der Waals surface area contributed by atoms with Gasteiger partial charge in [-0.1, -0.05) is 13.8 Å². The molecule has 0 fully saturated rings. The Morgan fingerprint density at radius 2 is 2.22 bits per heavy atom. The van der Waals surface area contributed by atoms with Gasteiger partial charge in [0.25, 0.3) is 11.6 Å². The summed E-state index contributed by atoms with van der Waals surface area (Å²) < 4.78 is 5.03. The van der Waals surface area contributed by atoms with Crippen LogP contribution in [0.25, 0.3) is 0 Å². The first-order valence-electron chi connectivity index (χ1n) is 6.86. The Kier molecular flexibility index (Phi) is 6.55. The van der Waals surface area contributed by atoms with Gasteiger partial charge in [0.15, 0.2) is 0 Å². The first-order valence-corrected chi connectivity index (χ1v) is 6.86. The number of nitrogens with one attached hydrogen (secondary N) is 2. The summed E-state index contributed by atoms with van der Waals surface area (Å²) in [5, 5.41) is 25.2. The van der Waals surface area contributed by atoms with E-state index in [2.05, 4.69) is 10.6 Å². The second-order valence-corrected chi connectivity index (χ2v) is 5.07. The van der Waals surface area contributed by atoms with Crippen molar-refractivity contribution in [2.45, 2.75) is 13.8 Å². The van der Waals surface area contributed by atoms with E-state index in [4.69, 9.17) is 10.00 Å². The lowest BCUT2D eigenvalue weighted by Crippen LogP contribution is -2.19. The topological polar surface area (TPSA) is 117 Å². The van der Waals surface area contributed by atoms with Crippen LogP contribution in [-0.4, -0.2) is 24.5 Å². The van der Waals surface area contributed by atoms with Crippen molar-refractivity contribution in [3.63, 3.8) is 0 Å². The minimum absolute atomic E-state index is 0.106. The summed E-state index contributed by atoms with van der Waals surface area (Å²) in [4.78, 5) is 22.2. The molecule has 0 saturated heterocycles. The average molecular weight is 318 g/mol. The van der Waals surface area contributed by atoms with Gasteiger partial charge in [0.1, 0.15) is 17.4 Å². The van der Waals surface area contributed by atoms with Crippen LogP contribution in [-0.2, 0) is 4.79 Å². The van der Waals surface area contributed by atoms with Gasteiger partial charge in [-0.25, -0.2) is 0 Å². The summed E-state index contributed by atoms with van der Waals surface area (Å²) in [6.45, 7) is 4.61. The minimum Gasteiger partial charge on any atom is -0.494 e. The van der Waals surface area contributed by atoms with Crippen molar-refractivity contribution < 1.29 is 14.5 Å². The number of non-ortho nitro benzene ring substituents is 1. The Bertz CT molecular complexity index is 662. The maximum Gasteiger partial charge on any atom is 0.273 e. The maximum absolute atomic E-state index is 12.1. The molecule has 0 aliphatic carbocycles. The van der Waals surface area contributed by atoms with Crippen molar-refractivity contribution in [2.75, 3.05) is 19.0 Å². The van der Waals surface area contributed by atoms with Crippen LogP contribution in [0, 0.1) is 27.4 Å². The van der Waals surface area contributed by atoms with Crippen LogP contribution in [0.4, 0.5) is 11.4 Å². The molecule has 0 bridgehead atoms. The van der Waals surface area contributed by atoms with Gasteiger partial charge in [-0.2, -0.15) is 5.26 Å². The second kappa shape index (κ2) is 8.38. The second-order valence-electron chi connectivity index (χ2n) is 5.07. The number of nitriles is 1. The first kappa shape index (κ1) is 18.0. The molecule has 23 heavy (non-hydrogen) atoms. The number of hydrogen-bond donors (Lipinski definition) is 2. The molecule has 122 valence electrons. The predicted octanol–water partition coefficient (Wildman–Crippen LogP) is 2.19. The molecule has 0 aromatic heterocycles. The number of benzene rings is 1. The third-order valence-electron chi connectivity index (χ3n) is 2.78. The molecule has 1 amide bonds. The number of nitrogens with zero attached hydrogens (tertiary/aromatic N) is 2. The first-order chi connectivity index (χ1) is 10.9. The molecule has 1 rings (SSSR count). The zero-order chi connectivity index (χ0) is 17.4. The van der Waals surface area contributed by atoms with Gasteiger partial charge < -0.3 is 15.4 Å². The number of methoxy groups -OCH3 is 1. The minimum atomic E-state index is -0.629. The van der Waals surface area contributed by atoms with E-state index >= 15 is 0 Å². The number of carbonyl (C=O) groups excluding carboxylic acids is 1. The fourth-order valence-corrected chi connectivity index (χ4v) is 1.63. The zero-order valence-electron chi connectivity index (χ0n) is 13.1. The van der Waals surface area contributed by atoms with Crippen LogP contribution >= 0.6 is 0 Å². The molecule has 2 N–H and O–H groups in total. The Labute approximate surface area is 133 Å². The van der Waals surface area contributed by atoms with Crippen LogP contribution in [0.5, 0.6) is 5.75 Å². The summed E-state index contributed by atoms with van der Waals surface area (Å²) >= 11 is 0. The van der Waals surface area contributed by atoms with E-state index in [-0.39, 0.29) is 22.7 Å². The Hall–Kier alpha value is -3.08. The highest BCUT2D eigenvalue weighted by Crippen LogP contribution is 2.29. The van der Waals surface area contributed by atoms with Gasteiger partial charge in [0.05, 0.1) is 23.8 Å². The Morgan fingerprint density at radius 3 is 2.74 bits per heavy atom. The summed E-state index contributed by atoms with van der Waals surface area (Å²) in [6.07, 6.45) is 1.34. The predicted molar refractivity (Wildman–Crippen MR) is 84.8 cm³/mol. The summed E-state index contributed by atoms with van der Waals surface area (Å²) in [5.74, 6) is -0.125. The Morgan fingerprint density at radius 1 is 1.52 bits per heavy atom. The summed E-state index contributed by atoms with van der Waals surface area (Å²) in [5.41, 5.74) is -0.0198. The fraction of sp³-hybridized carbons (Fsp3) is 0.333. The van der Waals surface area contributed by atoms with Gasteiger partial charge >= 0.3 is 0 Å². The molecule has 0 heterocycles. The lowest BCUT2D eigenvalue weighted by molar-refractivity contribution is -0.384. The van der Waals surface area contributed by atoms with Crippen LogP contribution in [0.15, 0.2) is 30.0 Å². The number of anilines is 1. The molecule has 0 saturated carbocycles. The van der Waals surface area contributed by atoms with Crippen molar-refractivity contribution >= 4 is 17.3 Å². The maximum atomic E-state index is 12.1. The normalized spacial score (nSPS) is 10.8. The highest BCUT2D eigenvalue weighted by molar-refractivity contribution is 6.07. The molecule has 8 nitrogen and oxygen atoms in total. The van der Waals surface area contributed by atoms with Crippen molar-refractivity contribution in [3.8, 4) is 11.8 Å². The molecule has 0 unspecified atom stereocenters. The molecule has 1 aromatic rings. The number of hydrogen-bond acceptors (Lipinski definition) is 6. The van der Waals surface area contributed by atoms with Gasteiger partial charge in [-0.15, -0.1) is 0 Å². The van der Waals surface area contributed by atoms with E-state index in [9.17, 15) is 14.9 Å². The molecule has 0 radical (unpaired) electrons. The van der Waals surface area contributed by atoms with E-state index in [0.717, 1.165) is 0 Å². The molecule has 0 spiro atoms. The van der Waals surface area contributed by atoms with Gasteiger partial charge in [0, 0.05) is 18.8 Å². The monoisotopic (exact) mass is 318 g/mol. The largest absolute Gasteiger partial charge is 0.494 e. The number of nitro benzene ring substituents is 1. The van der Waals surface area contributed by atoms with Gasteiger partial charge in [-0.3, -0.25) is 14.9 Å². The summed E-state index contributed by atoms with van der Waals surface area (Å²) in [7, 11) is 1.33. The van der Waals surface area contributed by atoms with Crippen molar-refractivity contribution in [1.29, 1.82) is 5.26 Å². The van der Waals surface area contributed by atoms with Gasteiger partial charge in [0.2, 0.25) is 0 Å². The quantitative estimate of drug-likeness (QED) is 0.344. The van der Waals surface area contributed by atoms with E-state index in [1.807, 2.05) is 13.8 Å². The highest BCUT2D eigenvalue weighted by Gasteiger charge is 2.15. The lowest BCUT2D eigenvalue weighted by atomic mass is 10.2. The third kappa shape index (κ3) is 5.32. The molecular formula is C15H18N4O4. The number of rotatable bonds is 7. The number of carbonyl (C=O) groups is 1. The average Bonchev–Trinajstić information content (AvgIpc) is 2.51. The highest BCUT2D eigenvalue weighted by atomic mass is 16.6. The van der Waals surface area contributed by atoms with Crippen molar-refractivity contribution in [2.24, 2.45) is 5.92 Å². The standard InChI is InChI=1S/C15H18N4O4/c1-10(2)8-17-9-11(7-16)15(20)18-13-5-4-12(19(21)22)6-14(13)23-3/h4-6,9-10,17H,8H2,1-3H3,(H,18,20)/b11-9-. The lowest BCUT2D eigenvalue weighted by Gasteiger charge is -2.10. The number of amides is 1. The van der Waals surface area contributed by atoms with Crippen molar-refractivity contribution in [1.82, 2.24) is 5.32 Å². The molecule has 0 atom stereocenters. The molecule has 0 aliphatic heterocycles. The van der Waals surface area contributed by atoms with E-state index in [0.29, 0.717) is 12.5 Å². The van der Waals surface area contributed by atoms with Crippen LogP contribution in [0.1, 0.15) is 13.8 Å². The zero-order valence-corrected chi connectivity index (χ0v) is 13.1. The van der Waals surface area contributed by atoms with Gasteiger partial charge in [-0.05, 0) is 12.0 Å². The number of ether oxygens (including phenoxy) is 1. The van der Waals surface area contributed by atoms with E-state index in [1.165, 1.54) is 31.5 Å².